The van der Waals surface area contributed by atoms with Gasteiger partial charge in [-0.15, -0.1) is 0 Å². The van der Waals surface area contributed by atoms with Gasteiger partial charge in [0.2, 0.25) is 5.89 Å². The number of rotatable bonds is 5. The molecule has 1 aromatic rings. The van der Waals surface area contributed by atoms with E-state index in [4.69, 9.17) is 9.51 Å². The third kappa shape index (κ3) is 3.05. The number of nitrogens with zero attached hydrogens (tertiary/aromatic N) is 2. The van der Waals surface area contributed by atoms with Crippen molar-refractivity contribution in [1.82, 2.24) is 15.5 Å². The SMILES string of the molecule is CCCNC1CCCCCC1c1nc(C2CC2C)no1. The first kappa shape index (κ1) is 14.1. The highest BCUT2D eigenvalue weighted by molar-refractivity contribution is 5.10. The van der Waals surface area contributed by atoms with Crippen LogP contribution in [0.1, 0.15) is 82.3 Å². The van der Waals surface area contributed by atoms with E-state index < -0.39 is 0 Å². The summed E-state index contributed by atoms with van der Waals surface area (Å²) in [6, 6.07) is 0.516. The predicted molar refractivity (Wildman–Crippen MR) is 78.7 cm³/mol. The second-order valence-electron chi connectivity index (χ2n) is 6.62. The van der Waals surface area contributed by atoms with Crippen LogP contribution in [0.15, 0.2) is 4.52 Å². The minimum absolute atomic E-state index is 0.416. The van der Waals surface area contributed by atoms with E-state index in [9.17, 15) is 0 Å². The van der Waals surface area contributed by atoms with Crippen molar-refractivity contribution in [3.63, 3.8) is 0 Å². The fraction of sp³-hybridized carbons (Fsp3) is 0.875. The van der Waals surface area contributed by atoms with E-state index in [1.54, 1.807) is 0 Å². The van der Waals surface area contributed by atoms with Crippen molar-refractivity contribution >= 4 is 0 Å². The van der Waals surface area contributed by atoms with Crippen LogP contribution in [0.3, 0.4) is 0 Å². The summed E-state index contributed by atoms with van der Waals surface area (Å²) in [4.78, 5) is 4.73. The summed E-state index contributed by atoms with van der Waals surface area (Å²) in [5.41, 5.74) is 0. The average Bonchev–Trinajstić information content (AvgIpc) is 3.07. The molecule has 4 heteroatoms. The van der Waals surface area contributed by atoms with Crippen molar-refractivity contribution in [2.75, 3.05) is 6.54 Å². The number of aromatic nitrogens is 2. The summed E-state index contributed by atoms with van der Waals surface area (Å²) < 4.78 is 5.62. The van der Waals surface area contributed by atoms with Crippen molar-refractivity contribution < 1.29 is 4.52 Å². The van der Waals surface area contributed by atoms with Crippen molar-refractivity contribution in [2.24, 2.45) is 5.92 Å². The van der Waals surface area contributed by atoms with Crippen LogP contribution < -0.4 is 5.32 Å². The molecule has 0 saturated heterocycles. The molecule has 0 bridgehead atoms. The van der Waals surface area contributed by atoms with Gasteiger partial charge < -0.3 is 9.84 Å². The van der Waals surface area contributed by atoms with Gasteiger partial charge >= 0.3 is 0 Å². The molecular formula is C16H27N3O. The molecule has 3 rings (SSSR count). The minimum atomic E-state index is 0.416. The van der Waals surface area contributed by atoms with Crippen molar-refractivity contribution in [2.45, 2.75) is 76.7 Å². The maximum Gasteiger partial charge on any atom is 0.231 e. The van der Waals surface area contributed by atoms with Crippen LogP contribution in [-0.4, -0.2) is 22.7 Å². The first-order valence-corrected chi connectivity index (χ1v) is 8.36. The van der Waals surface area contributed by atoms with Gasteiger partial charge in [-0.2, -0.15) is 4.98 Å². The topological polar surface area (TPSA) is 51.0 Å². The molecule has 1 heterocycles. The smallest absolute Gasteiger partial charge is 0.231 e. The van der Waals surface area contributed by atoms with Crippen LogP contribution >= 0.6 is 0 Å². The Morgan fingerprint density at radius 1 is 1.20 bits per heavy atom. The van der Waals surface area contributed by atoms with Gasteiger partial charge in [0, 0.05) is 12.0 Å². The van der Waals surface area contributed by atoms with Gasteiger partial charge in [0.15, 0.2) is 5.82 Å². The monoisotopic (exact) mass is 277 g/mol. The van der Waals surface area contributed by atoms with E-state index in [0.29, 0.717) is 17.9 Å². The third-order valence-electron chi connectivity index (χ3n) is 4.89. The van der Waals surface area contributed by atoms with Crippen LogP contribution in [0.4, 0.5) is 0 Å². The van der Waals surface area contributed by atoms with Crippen LogP contribution in [0.2, 0.25) is 0 Å². The highest BCUT2D eigenvalue weighted by atomic mass is 16.5. The van der Waals surface area contributed by atoms with E-state index >= 15 is 0 Å². The largest absolute Gasteiger partial charge is 0.339 e. The van der Waals surface area contributed by atoms with E-state index in [1.165, 1.54) is 44.9 Å². The Morgan fingerprint density at radius 2 is 2.00 bits per heavy atom. The number of nitrogens with one attached hydrogen (secondary N) is 1. The van der Waals surface area contributed by atoms with E-state index in [0.717, 1.165) is 24.2 Å². The molecule has 1 aromatic heterocycles. The molecule has 0 spiro atoms. The first-order valence-electron chi connectivity index (χ1n) is 8.36. The Hall–Kier alpha value is -0.900. The molecule has 1 N–H and O–H groups in total. The molecule has 0 amide bonds. The molecular weight excluding hydrogens is 250 g/mol. The fourth-order valence-electron chi connectivity index (χ4n) is 3.41. The summed E-state index contributed by atoms with van der Waals surface area (Å²) in [6.07, 6.45) is 8.76. The lowest BCUT2D eigenvalue weighted by atomic mass is 9.94. The molecule has 0 radical (unpaired) electrons. The van der Waals surface area contributed by atoms with Crippen LogP contribution in [0.5, 0.6) is 0 Å². The maximum atomic E-state index is 5.62. The Kier molecular flexibility index (Phi) is 4.39. The average molecular weight is 277 g/mol. The maximum absolute atomic E-state index is 5.62. The molecule has 2 aliphatic rings. The zero-order valence-electron chi connectivity index (χ0n) is 12.8. The highest BCUT2D eigenvalue weighted by Crippen LogP contribution is 2.46. The summed E-state index contributed by atoms with van der Waals surface area (Å²) in [5.74, 6) is 3.55. The molecule has 112 valence electrons. The van der Waals surface area contributed by atoms with Gasteiger partial charge in [-0.25, -0.2) is 0 Å². The molecule has 4 nitrogen and oxygen atoms in total. The summed E-state index contributed by atoms with van der Waals surface area (Å²) in [5, 5.41) is 7.93. The van der Waals surface area contributed by atoms with Crippen molar-refractivity contribution in [3.05, 3.63) is 11.7 Å². The molecule has 4 atom stereocenters. The number of hydrogen-bond acceptors (Lipinski definition) is 4. The summed E-state index contributed by atoms with van der Waals surface area (Å²) in [6.45, 7) is 5.57. The lowest BCUT2D eigenvalue weighted by Gasteiger charge is -2.23. The van der Waals surface area contributed by atoms with Gasteiger partial charge in [-0.3, -0.25) is 0 Å². The van der Waals surface area contributed by atoms with Crippen molar-refractivity contribution in [3.8, 4) is 0 Å². The second-order valence-corrected chi connectivity index (χ2v) is 6.62. The minimum Gasteiger partial charge on any atom is -0.339 e. The summed E-state index contributed by atoms with van der Waals surface area (Å²) >= 11 is 0. The highest BCUT2D eigenvalue weighted by Gasteiger charge is 2.39. The molecule has 2 saturated carbocycles. The Bertz CT molecular complexity index is 431. The van der Waals surface area contributed by atoms with Crippen LogP contribution in [0.25, 0.3) is 0 Å². The third-order valence-corrected chi connectivity index (χ3v) is 4.89. The lowest BCUT2D eigenvalue weighted by Crippen LogP contribution is -2.35. The Morgan fingerprint density at radius 3 is 2.75 bits per heavy atom. The normalized spacial score (nSPS) is 33.9. The van der Waals surface area contributed by atoms with Gasteiger partial charge in [0.25, 0.3) is 0 Å². The molecule has 2 aliphatic carbocycles. The Labute approximate surface area is 121 Å². The van der Waals surface area contributed by atoms with Gasteiger partial charge in [0.1, 0.15) is 0 Å². The standard InChI is InChI=1S/C16H27N3O/c1-3-9-17-14-8-6-4-5-7-12(14)16-18-15(19-20-16)13-10-11(13)2/h11-14,17H,3-10H2,1-2H3. The fourth-order valence-corrected chi connectivity index (χ4v) is 3.41. The summed E-state index contributed by atoms with van der Waals surface area (Å²) in [7, 11) is 0. The van der Waals surface area contributed by atoms with Gasteiger partial charge in [-0.1, -0.05) is 38.3 Å². The quantitative estimate of drug-likeness (QED) is 0.835. The second kappa shape index (κ2) is 6.25. The Balaban J connectivity index is 1.71. The lowest BCUT2D eigenvalue weighted by molar-refractivity contribution is 0.302. The molecule has 4 unspecified atom stereocenters. The molecule has 0 aliphatic heterocycles. The predicted octanol–water partition coefficient (Wildman–Crippen LogP) is 3.61. The number of hydrogen-bond donors (Lipinski definition) is 1. The zero-order chi connectivity index (χ0) is 13.9. The first-order chi connectivity index (χ1) is 9.79. The van der Waals surface area contributed by atoms with Crippen LogP contribution in [-0.2, 0) is 0 Å². The zero-order valence-corrected chi connectivity index (χ0v) is 12.8. The molecule has 0 aromatic carbocycles. The van der Waals surface area contributed by atoms with E-state index in [-0.39, 0.29) is 0 Å². The van der Waals surface area contributed by atoms with Gasteiger partial charge in [0.05, 0.1) is 5.92 Å². The van der Waals surface area contributed by atoms with E-state index in [1.807, 2.05) is 0 Å². The molecule has 20 heavy (non-hydrogen) atoms. The van der Waals surface area contributed by atoms with Crippen LogP contribution in [0, 0.1) is 5.92 Å². The van der Waals surface area contributed by atoms with Gasteiger partial charge in [-0.05, 0) is 38.1 Å². The molecule has 2 fully saturated rings. The van der Waals surface area contributed by atoms with Crippen molar-refractivity contribution in [1.29, 1.82) is 0 Å². The van der Waals surface area contributed by atoms with E-state index in [2.05, 4.69) is 24.3 Å².